The van der Waals surface area contributed by atoms with Crippen LogP contribution in [0.15, 0.2) is 0 Å². The van der Waals surface area contributed by atoms with Crippen molar-refractivity contribution in [2.45, 2.75) is 15.5 Å². The van der Waals surface area contributed by atoms with Crippen molar-refractivity contribution in [1.29, 1.82) is 0 Å². The Morgan fingerprint density at radius 3 is 1.06 bits per heavy atom. The van der Waals surface area contributed by atoms with E-state index < -0.39 is 35.2 Å². The van der Waals surface area contributed by atoms with Crippen LogP contribution < -0.4 is 0 Å². The van der Waals surface area contributed by atoms with Crippen molar-refractivity contribution < 1.29 is 43.2 Å². The first-order valence-corrected chi connectivity index (χ1v) is 6.11. The predicted octanol–water partition coefficient (Wildman–Crippen LogP) is 0.308. The Labute approximate surface area is 86.9 Å². The molecule has 94 valence electrons. The quantitative estimate of drug-likeness (QED) is 0.542. The normalized spacial score (nSPS) is 15.4. The van der Waals surface area contributed by atoms with Crippen molar-refractivity contribution in [3.8, 4) is 0 Å². The van der Waals surface area contributed by atoms with Gasteiger partial charge in [-0.3, -0.25) is 0 Å². The molecule has 0 saturated carbocycles. The molecule has 0 aromatic rings. The molecular formula is C3HBF6O4S2. The zero-order valence-electron chi connectivity index (χ0n) is 6.87. The van der Waals surface area contributed by atoms with Crippen molar-refractivity contribution in [2.24, 2.45) is 0 Å². The number of sulfone groups is 2. The second-order valence-corrected chi connectivity index (χ2v) is 6.77. The first-order valence-electron chi connectivity index (χ1n) is 3.01. The summed E-state index contributed by atoms with van der Waals surface area (Å²) in [4.78, 5) is 0. The van der Waals surface area contributed by atoms with E-state index in [2.05, 4.69) is 7.85 Å². The average molecular weight is 290 g/mol. The highest BCUT2D eigenvalue weighted by Gasteiger charge is 2.60. The van der Waals surface area contributed by atoms with E-state index in [-0.39, 0.29) is 0 Å². The third-order valence-electron chi connectivity index (χ3n) is 1.26. The van der Waals surface area contributed by atoms with E-state index >= 15 is 0 Å². The molecule has 0 aliphatic carbocycles. The summed E-state index contributed by atoms with van der Waals surface area (Å²) in [6, 6.07) is 0. The number of rotatable bonds is 2. The fourth-order valence-corrected chi connectivity index (χ4v) is 2.95. The van der Waals surface area contributed by atoms with Crippen LogP contribution in [0.2, 0.25) is 0 Å². The van der Waals surface area contributed by atoms with Crippen LogP contribution in [0.5, 0.6) is 0 Å². The number of halogens is 6. The van der Waals surface area contributed by atoms with Crippen LogP contribution in [0.3, 0.4) is 0 Å². The third kappa shape index (κ3) is 2.44. The van der Waals surface area contributed by atoms with Gasteiger partial charge in [-0.1, -0.05) is 0 Å². The summed E-state index contributed by atoms with van der Waals surface area (Å²) in [6.45, 7) is 0. The minimum atomic E-state index is -6.65. The van der Waals surface area contributed by atoms with Gasteiger partial charge in [0.1, 0.15) is 12.3 Å². The van der Waals surface area contributed by atoms with Gasteiger partial charge in [-0.25, -0.2) is 16.8 Å². The predicted molar refractivity (Wildman–Crippen MR) is 39.5 cm³/mol. The first-order chi connectivity index (χ1) is 6.65. The Morgan fingerprint density at radius 2 is 0.938 bits per heavy atom. The maximum absolute atomic E-state index is 11.7. The van der Waals surface area contributed by atoms with Gasteiger partial charge in [0.25, 0.3) is 19.7 Å². The summed E-state index contributed by atoms with van der Waals surface area (Å²) in [5.74, 6) is 0. The molecule has 2 radical (unpaired) electrons. The highest BCUT2D eigenvalue weighted by Crippen LogP contribution is 2.34. The molecule has 16 heavy (non-hydrogen) atoms. The van der Waals surface area contributed by atoms with Crippen molar-refractivity contribution >= 4 is 27.5 Å². The van der Waals surface area contributed by atoms with Crippen molar-refractivity contribution in [2.75, 3.05) is 0 Å². The lowest BCUT2D eigenvalue weighted by Crippen LogP contribution is -2.45. The second kappa shape index (κ2) is 3.79. The van der Waals surface area contributed by atoms with Gasteiger partial charge < -0.3 is 0 Å². The summed E-state index contributed by atoms with van der Waals surface area (Å²) in [6.07, 6.45) is 0. The van der Waals surface area contributed by atoms with Crippen molar-refractivity contribution in [3.63, 3.8) is 0 Å². The Hall–Kier alpha value is -0.455. The first kappa shape index (κ1) is 15.5. The van der Waals surface area contributed by atoms with E-state index in [0.717, 1.165) is 0 Å². The number of hydrogen-bond acceptors (Lipinski definition) is 4. The summed E-state index contributed by atoms with van der Waals surface area (Å²) in [5.41, 5.74) is -12.4. The highest BCUT2D eigenvalue weighted by molar-refractivity contribution is 8.11. The van der Waals surface area contributed by atoms with E-state index in [1.54, 1.807) is 0 Å². The molecule has 4 nitrogen and oxygen atoms in total. The molecule has 0 aliphatic rings. The number of alkyl halides is 6. The minimum absolute atomic E-state index is 3.99. The van der Waals surface area contributed by atoms with Crippen LogP contribution in [-0.2, 0) is 19.7 Å². The highest BCUT2D eigenvalue weighted by atomic mass is 32.3. The minimum Gasteiger partial charge on any atom is -0.219 e. The molecule has 0 aromatic carbocycles. The zero-order chi connectivity index (χ0) is 13.6. The molecule has 0 heterocycles. The molecule has 13 heteroatoms. The molecule has 0 saturated heterocycles. The topological polar surface area (TPSA) is 68.3 Å². The summed E-state index contributed by atoms with van der Waals surface area (Å²) >= 11 is 0. The number of hydrogen-bond donors (Lipinski definition) is 0. The lowest BCUT2D eigenvalue weighted by atomic mass is 10.2. The van der Waals surface area contributed by atoms with Crippen molar-refractivity contribution in [1.82, 2.24) is 0 Å². The van der Waals surface area contributed by atoms with Gasteiger partial charge in [0.15, 0.2) is 0 Å². The summed E-state index contributed by atoms with van der Waals surface area (Å²) in [5, 5.41) is 0. The largest absolute Gasteiger partial charge is 0.497 e. The van der Waals surface area contributed by atoms with E-state index in [1.807, 2.05) is 0 Å². The van der Waals surface area contributed by atoms with Crippen LogP contribution in [0, 0.1) is 0 Å². The fraction of sp³-hybridized carbons (Fsp3) is 1.00. The van der Waals surface area contributed by atoms with Gasteiger partial charge in [0.05, 0.1) is 0 Å². The molecule has 0 rings (SSSR count). The van der Waals surface area contributed by atoms with Crippen molar-refractivity contribution in [3.05, 3.63) is 0 Å². The molecular weight excluding hydrogens is 289 g/mol. The molecule has 0 aromatic heterocycles. The molecule has 0 aliphatic heterocycles. The molecule has 0 spiro atoms. The summed E-state index contributed by atoms with van der Waals surface area (Å²) in [7, 11) is -9.31. The average Bonchev–Trinajstić information content (AvgIpc) is 1.98. The van der Waals surface area contributed by atoms with Crippen LogP contribution in [-0.4, -0.2) is 40.2 Å². The van der Waals surface area contributed by atoms with E-state index in [1.165, 1.54) is 0 Å². The lowest BCUT2D eigenvalue weighted by molar-refractivity contribution is -0.0462. The molecule has 0 fully saturated rings. The molecule has 0 N–H and O–H groups in total. The van der Waals surface area contributed by atoms with Crippen LogP contribution >= 0.6 is 0 Å². The third-order valence-corrected chi connectivity index (χ3v) is 5.29. The van der Waals surface area contributed by atoms with Gasteiger partial charge in [0.2, 0.25) is 0 Å². The van der Waals surface area contributed by atoms with Crippen LogP contribution in [0.25, 0.3) is 0 Å². The van der Waals surface area contributed by atoms with E-state index in [9.17, 15) is 43.2 Å². The lowest BCUT2D eigenvalue weighted by Gasteiger charge is -2.17. The Morgan fingerprint density at radius 1 is 0.750 bits per heavy atom. The van der Waals surface area contributed by atoms with E-state index in [0.29, 0.717) is 0 Å². The standard InChI is InChI=1S/C3HBF6O4S2/c4-1(15(11,12)2(5,6)7)16(13,14)3(8,9)10/h1H. The van der Waals surface area contributed by atoms with Gasteiger partial charge in [0, 0.05) is 0 Å². The van der Waals surface area contributed by atoms with Gasteiger partial charge in [-0.15, -0.1) is 0 Å². The molecule has 0 atom stereocenters. The second-order valence-electron chi connectivity index (χ2n) is 2.35. The zero-order valence-corrected chi connectivity index (χ0v) is 8.50. The van der Waals surface area contributed by atoms with Gasteiger partial charge in [-0.2, -0.15) is 26.3 Å². The maximum Gasteiger partial charge on any atom is 0.497 e. The Bertz CT molecular complexity index is 413. The monoisotopic (exact) mass is 290 g/mol. The van der Waals surface area contributed by atoms with Gasteiger partial charge >= 0.3 is 11.0 Å². The fourth-order valence-electron chi connectivity index (χ4n) is 0.430. The molecule has 0 bridgehead atoms. The molecule has 0 amide bonds. The van der Waals surface area contributed by atoms with Crippen LogP contribution in [0.1, 0.15) is 0 Å². The summed E-state index contributed by atoms with van der Waals surface area (Å²) < 4.78 is 107. The van der Waals surface area contributed by atoms with Gasteiger partial charge in [-0.05, 0) is 0 Å². The smallest absolute Gasteiger partial charge is 0.219 e. The van der Waals surface area contributed by atoms with Crippen LogP contribution in [0.4, 0.5) is 26.3 Å². The maximum atomic E-state index is 11.7. The van der Waals surface area contributed by atoms with E-state index in [4.69, 9.17) is 0 Å². The SMILES string of the molecule is [B]C(S(=O)(=O)C(F)(F)F)S(=O)(=O)C(F)(F)F. The molecule has 0 unspecified atom stereocenters. The Kier molecular flexibility index (Phi) is 3.68. The Balaban J connectivity index is 5.70.